The summed E-state index contributed by atoms with van der Waals surface area (Å²) in [6.45, 7) is 8.76. The van der Waals surface area contributed by atoms with E-state index in [0.29, 0.717) is 25.7 Å². The van der Waals surface area contributed by atoms with E-state index in [1.807, 2.05) is 6.92 Å². The Kier molecular flexibility index (Phi) is 5.88. The van der Waals surface area contributed by atoms with Gasteiger partial charge in [-0.05, 0) is 20.3 Å². The van der Waals surface area contributed by atoms with Crippen molar-refractivity contribution in [2.75, 3.05) is 26.4 Å². The zero-order valence-corrected chi connectivity index (χ0v) is 11.0. The second kappa shape index (κ2) is 6.93. The first-order valence-corrected chi connectivity index (χ1v) is 6.32. The first kappa shape index (κ1) is 14.4. The van der Waals surface area contributed by atoms with Gasteiger partial charge in [0, 0.05) is 12.6 Å². The molecule has 0 radical (unpaired) electrons. The normalized spacial score (nSPS) is 23.7. The van der Waals surface area contributed by atoms with Crippen LogP contribution in [0.3, 0.4) is 0 Å². The van der Waals surface area contributed by atoms with E-state index in [2.05, 4.69) is 18.7 Å². The summed E-state index contributed by atoms with van der Waals surface area (Å²) in [5.41, 5.74) is 5.61. The maximum atomic E-state index is 11.5. The molecule has 0 aromatic heterocycles. The highest BCUT2D eigenvalue weighted by Crippen LogP contribution is 2.11. The fraction of sp³-hybridized carbons (Fsp3) is 0.917. The standard InChI is InChI=1S/C12H24N2O3/c1-4-11(13)12(15)17-8-10-7-16-6-5-14(10)9(2)3/h9-11H,4-8,13H2,1-3H3/t10?,11-/m0/s1. The molecule has 5 nitrogen and oxygen atoms in total. The van der Waals surface area contributed by atoms with Crippen LogP contribution in [0, 0.1) is 0 Å². The van der Waals surface area contributed by atoms with Crippen LogP contribution in [-0.2, 0) is 14.3 Å². The van der Waals surface area contributed by atoms with Crippen molar-refractivity contribution in [2.24, 2.45) is 5.73 Å². The quantitative estimate of drug-likeness (QED) is 0.708. The Morgan fingerprint density at radius 3 is 2.88 bits per heavy atom. The van der Waals surface area contributed by atoms with E-state index in [0.717, 1.165) is 13.2 Å². The van der Waals surface area contributed by atoms with Gasteiger partial charge in [-0.15, -0.1) is 0 Å². The highest BCUT2D eigenvalue weighted by molar-refractivity contribution is 5.75. The van der Waals surface area contributed by atoms with Crippen molar-refractivity contribution in [2.45, 2.75) is 45.3 Å². The summed E-state index contributed by atoms with van der Waals surface area (Å²) in [7, 11) is 0. The van der Waals surface area contributed by atoms with Crippen LogP contribution in [0.1, 0.15) is 27.2 Å². The fourth-order valence-corrected chi connectivity index (χ4v) is 1.94. The Labute approximate surface area is 103 Å². The number of carbonyl (C=O) groups is 1. The van der Waals surface area contributed by atoms with Crippen LogP contribution in [-0.4, -0.2) is 55.4 Å². The number of hydrogen-bond donors (Lipinski definition) is 1. The number of nitrogens with zero attached hydrogens (tertiary/aromatic N) is 1. The van der Waals surface area contributed by atoms with Crippen LogP contribution < -0.4 is 5.73 Å². The van der Waals surface area contributed by atoms with Gasteiger partial charge >= 0.3 is 5.97 Å². The number of carbonyl (C=O) groups excluding carboxylic acids is 1. The number of nitrogens with two attached hydrogens (primary N) is 1. The molecule has 1 aliphatic rings. The van der Waals surface area contributed by atoms with E-state index in [4.69, 9.17) is 15.2 Å². The van der Waals surface area contributed by atoms with Crippen LogP contribution in [0.4, 0.5) is 0 Å². The number of ether oxygens (including phenoxy) is 2. The van der Waals surface area contributed by atoms with Gasteiger partial charge in [-0.2, -0.15) is 0 Å². The van der Waals surface area contributed by atoms with Gasteiger partial charge in [0.15, 0.2) is 0 Å². The highest BCUT2D eigenvalue weighted by Gasteiger charge is 2.26. The predicted octanol–water partition coefficient (Wildman–Crippen LogP) is 0.376. The summed E-state index contributed by atoms with van der Waals surface area (Å²) in [4.78, 5) is 13.8. The van der Waals surface area contributed by atoms with Crippen molar-refractivity contribution in [1.29, 1.82) is 0 Å². The van der Waals surface area contributed by atoms with Gasteiger partial charge < -0.3 is 15.2 Å². The van der Waals surface area contributed by atoms with Crippen molar-refractivity contribution in [3.05, 3.63) is 0 Å². The number of esters is 1. The smallest absolute Gasteiger partial charge is 0.322 e. The van der Waals surface area contributed by atoms with Gasteiger partial charge in [0.25, 0.3) is 0 Å². The molecule has 0 saturated carbocycles. The second-order valence-corrected chi connectivity index (χ2v) is 4.71. The van der Waals surface area contributed by atoms with Gasteiger partial charge in [-0.3, -0.25) is 9.69 Å². The third kappa shape index (κ3) is 4.26. The molecule has 5 heteroatoms. The van der Waals surface area contributed by atoms with Crippen molar-refractivity contribution < 1.29 is 14.3 Å². The molecule has 1 unspecified atom stereocenters. The third-order valence-corrected chi connectivity index (χ3v) is 3.10. The molecule has 1 fully saturated rings. The Bertz CT molecular complexity index is 246. The molecule has 0 aromatic carbocycles. The molecule has 0 bridgehead atoms. The van der Waals surface area contributed by atoms with Crippen LogP contribution in [0.5, 0.6) is 0 Å². The van der Waals surface area contributed by atoms with E-state index in [1.165, 1.54) is 0 Å². The zero-order valence-electron chi connectivity index (χ0n) is 11.0. The average molecular weight is 244 g/mol. The summed E-state index contributed by atoms with van der Waals surface area (Å²) < 4.78 is 10.6. The lowest BCUT2D eigenvalue weighted by molar-refractivity contribution is -0.149. The van der Waals surface area contributed by atoms with E-state index in [9.17, 15) is 4.79 Å². The van der Waals surface area contributed by atoms with Gasteiger partial charge in [0.2, 0.25) is 0 Å². The van der Waals surface area contributed by atoms with Crippen molar-refractivity contribution in [1.82, 2.24) is 4.90 Å². The molecular formula is C12H24N2O3. The molecule has 0 aliphatic carbocycles. The van der Waals surface area contributed by atoms with Crippen molar-refractivity contribution >= 4 is 5.97 Å². The molecule has 2 atom stereocenters. The number of morpholine rings is 1. The minimum atomic E-state index is -0.507. The molecule has 1 saturated heterocycles. The maximum absolute atomic E-state index is 11.5. The Hall–Kier alpha value is -0.650. The lowest BCUT2D eigenvalue weighted by Gasteiger charge is -2.38. The summed E-state index contributed by atoms with van der Waals surface area (Å²) in [6.07, 6.45) is 0.605. The highest BCUT2D eigenvalue weighted by atomic mass is 16.5. The molecule has 100 valence electrons. The SMILES string of the molecule is CC[C@H](N)C(=O)OCC1COCCN1C(C)C. The maximum Gasteiger partial charge on any atom is 0.322 e. The molecule has 0 spiro atoms. The van der Waals surface area contributed by atoms with Gasteiger partial charge in [0.05, 0.1) is 19.3 Å². The number of hydrogen-bond acceptors (Lipinski definition) is 5. The van der Waals surface area contributed by atoms with Crippen LogP contribution in [0.25, 0.3) is 0 Å². The van der Waals surface area contributed by atoms with Gasteiger partial charge in [-0.25, -0.2) is 0 Å². The molecule has 1 heterocycles. The zero-order chi connectivity index (χ0) is 12.8. The summed E-state index contributed by atoms with van der Waals surface area (Å²) in [6, 6.07) is 0.0752. The lowest BCUT2D eigenvalue weighted by Crippen LogP contribution is -2.51. The Balaban J connectivity index is 2.40. The average Bonchev–Trinajstić information content (AvgIpc) is 2.35. The lowest BCUT2D eigenvalue weighted by atomic mass is 10.2. The minimum absolute atomic E-state index is 0.150. The molecular weight excluding hydrogens is 220 g/mol. The second-order valence-electron chi connectivity index (χ2n) is 4.71. The topological polar surface area (TPSA) is 64.8 Å². The molecule has 1 rings (SSSR count). The van der Waals surface area contributed by atoms with E-state index in [-0.39, 0.29) is 12.0 Å². The fourth-order valence-electron chi connectivity index (χ4n) is 1.94. The van der Waals surface area contributed by atoms with Crippen LogP contribution in [0.15, 0.2) is 0 Å². The van der Waals surface area contributed by atoms with E-state index in [1.54, 1.807) is 0 Å². The minimum Gasteiger partial charge on any atom is -0.463 e. The monoisotopic (exact) mass is 244 g/mol. The number of rotatable bonds is 5. The van der Waals surface area contributed by atoms with Crippen molar-refractivity contribution in [3.8, 4) is 0 Å². The Morgan fingerprint density at radius 1 is 1.59 bits per heavy atom. The van der Waals surface area contributed by atoms with Crippen LogP contribution in [0.2, 0.25) is 0 Å². The molecule has 17 heavy (non-hydrogen) atoms. The van der Waals surface area contributed by atoms with E-state index < -0.39 is 6.04 Å². The van der Waals surface area contributed by atoms with Gasteiger partial charge in [-0.1, -0.05) is 6.92 Å². The Morgan fingerprint density at radius 2 is 2.29 bits per heavy atom. The summed E-state index contributed by atoms with van der Waals surface area (Å²) in [5, 5.41) is 0. The largest absolute Gasteiger partial charge is 0.463 e. The predicted molar refractivity (Wildman–Crippen MR) is 65.7 cm³/mol. The van der Waals surface area contributed by atoms with Crippen LogP contribution >= 0.6 is 0 Å². The first-order chi connectivity index (χ1) is 8.06. The molecule has 1 aliphatic heterocycles. The van der Waals surface area contributed by atoms with E-state index >= 15 is 0 Å². The molecule has 2 N–H and O–H groups in total. The summed E-state index contributed by atoms with van der Waals surface area (Å²) in [5.74, 6) is -0.318. The summed E-state index contributed by atoms with van der Waals surface area (Å²) >= 11 is 0. The van der Waals surface area contributed by atoms with Crippen molar-refractivity contribution in [3.63, 3.8) is 0 Å². The van der Waals surface area contributed by atoms with Gasteiger partial charge in [0.1, 0.15) is 12.6 Å². The molecule has 0 amide bonds. The molecule has 0 aromatic rings. The first-order valence-electron chi connectivity index (χ1n) is 6.32. The third-order valence-electron chi connectivity index (χ3n) is 3.10.